The highest BCUT2D eigenvalue weighted by atomic mass is 16.5. The molecule has 0 aliphatic carbocycles. The molecule has 7 heteroatoms. The fourth-order valence-electron chi connectivity index (χ4n) is 3.81. The van der Waals surface area contributed by atoms with E-state index < -0.39 is 0 Å². The maximum absolute atomic E-state index is 9.63. The molecule has 0 spiro atoms. The lowest BCUT2D eigenvalue weighted by atomic mass is 10.0. The maximum atomic E-state index is 9.63. The zero-order valence-corrected chi connectivity index (χ0v) is 18.7. The quantitative estimate of drug-likeness (QED) is 0.559. The molecule has 1 saturated heterocycles. The molecule has 0 aromatic heterocycles. The molecule has 7 nitrogen and oxygen atoms in total. The third-order valence-corrected chi connectivity index (χ3v) is 5.32. The van der Waals surface area contributed by atoms with Crippen LogP contribution in [0.25, 0.3) is 0 Å². The lowest BCUT2D eigenvalue weighted by Crippen LogP contribution is -2.05. The summed E-state index contributed by atoms with van der Waals surface area (Å²) in [5.41, 5.74) is 2.29. The van der Waals surface area contributed by atoms with Crippen LogP contribution in [0.1, 0.15) is 55.1 Å². The summed E-state index contributed by atoms with van der Waals surface area (Å²) >= 11 is 0. The summed E-state index contributed by atoms with van der Waals surface area (Å²) in [5.74, 6) is 2.76. The van der Waals surface area contributed by atoms with E-state index in [2.05, 4.69) is 6.07 Å². The smallest absolute Gasteiger partial charge is 0.203 e. The summed E-state index contributed by atoms with van der Waals surface area (Å²) in [4.78, 5) is 0. The van der Waals surface area contributed by atoms with Crippen LogP contribution in [0.5, 0.6) is 28.7 Å². The fourth-order valence-corrected chi connectivity index (χ4v) is 3.81. The number of ether oxygens (including phenoxy) is 6. The molecule has 1 aliphatic heterocycles. The number of rotatable bonds is 9. The SMILES string of the molecule is CCCOc1c(C#N)cc([C@@H]2CC[C@@H](c3cc(OC)c(OC)c(OC)c3)O2)cc1OC. The summed E-state index contributed by atoms with van der Waals surface area (Å²) in [6.45, 7) is 2.54. The first kappa shape index (κ1) is 22.6. The van der Waals surface area contributed by atoms with Gasteiger partial charge in [-0.25, -0.2) is 0 Å². The molecule has 0 amide bonds. The molecule has 0 radical (unpaired) electrons. The summed E-state index contributed by atoms with van der Waals surface area (Å²) in [5, 5.41) is 9.63. The number of hydrogen-bond acceptors (Lipinski definition) is 7. The normalized spacial score (nSPS) is 17.7. The molecule has 1 fully saturated rings. The highest BCUT2D eigenvalue weighted by Gasteiger charge is 2.31. The van der Waals surface area contributed by atoms with E-state index in [1.807, 2.05) is 31.2 Å². The molecule has 1 aliphatic rings. The molecule has 3 rings (SSSR count). The molecular weight excluding hydrogens is 398 g/mol. The van der Waals surface area contributed by atoms with E-state index >= 15 is 0 Å². The van der Waals surface area contributed by atoms with Crippen LogP contribution in [-0.2, 0) is 4.74 Å². The third kappa shape index (κ3) is 4.64. The van der Waals surface area contributed by atoms with E-state index in [-0.39, 0.29) is 12.2 Å². The first-order chi connectivity index (χ1) is 15.1. The van der Waals surface area contributed by atoms with E-state index in [9.17, 15) is 5.26 Å². The van der Waals surface area contributed by atoms with E-state index in [0.717, 1.165) is 30.4 Å². The second-order valence-electron chi connectivity index (χ2n) is 7.21. The van der Waals surface area contributed by atoms with Crippen molar-refractivity contribution in [3.05, 3.63) is 41.0 Å². The van der Waals surface area contributed by atoms with E-state index in [1.54, 1.807) is 28.4 Å². The molecule has 0 saturated carbocycles. The Labute approximate surface area is 183 Å². The maximum Gasteiger partial charge on any atom is 0.203 e. The summed E-state index contributed by atoms with van der Waals surface area (Å²) in [7, 11) is 6.35. The molecule has 1 heterocycles. The molecule has 2 aromatic carbocycles. The topological polar surface area (TPSA) is 79.2 Å². The second kappa shape index (κ2) is 10.3. The minimum Gasteiger partial charge on any atom is -0.493 e. The second-order valence-corrected chi connectivity index (χ2v) is 7.21. The van der Waals surface area contributed by atoms with Gasteiger partial charge in [-0.2, -0.15) is 5.26 Å². The number of benzene rings is 2. The van der Waals surface area contributed by atoms with Crippen LogP contribution in [0.4, 0.5) is 0 Å². The molecular formula is C24H29NO6. The monoisotopic (exact) mass is 427 g/mol. The lowest BCUT2D eigenvalue weighted by Gasteiger charge is -2.19. The van der Waals surface area contributed by atoms with Gasteiger partial charge in [-0.3, -0.25) is 0 Å². The van der Waals surface area contributed by atoms with E-state index in [4.69, 9.17) is 28.4 Å². The van der Waals surface area contributed by atoms with Gasteiger partial charge in [0.25, 0.3) is 0 Å². The number of nitriles is 1. The molecule has 0 unspecified atom stereocenters. The highest BCUT2D eigenvalue weighted by molar-refractivity contribution is 5.56. The predicted molar refractivity (Wildman–Crippen MR) is 115 cm³/mol. The molecule has 31 heavy (non-hydrogen) atoms. The van der Waals surface area contributed by atoms with Crippen molar-refractivity contribution in [2.24, 2.45) is 0 Å². The zero-order valence-electron chi connectivity index (χ0n) is 18.7. The average Bonchev–Trinajstić information content (AvgIpc) is 3.31. The van der Waals surface area contributed by atoms with Gasteiger partial charge in [0.1, 0.15) is 6.07 Å². The Kier molecular flexibility index (Phi) is 7.48. The van der Waals surface area contributed by atoms with Crippen molar-refractivity contribution in [3.8, 4) is 34.8 Å². The first-order valence-electron chi connectivity index (χ1n) is 10.3. The Hall–Kier alpha value is -3.11. The van der Waals surface area contributed by atoms with Crippen molar-refractivity contribution in [2.75, 3.05) is 35.0 Å². The van der Waals surface area contributed by atoms with Gasteiger partial charge >= 0.3 is 0 Å². The van der Waals surface area contributed by atoms with Crippen LogP contribution in [-0.4, -0.2) is 35.0 Å². The van der Waals surface area contributed by atoms with Crippen molar-refractivity contribution >= 4 is 0 Å². The van der Waals surface area contributed by atoms with Gasteiger partial charge in [-0.15, -0.1) is 0 Å². The molecule has 2 aromatic rings. The predicted octanol–water partition coefficient (Wildman–Crippen LogP) is 4.97. The van der Waals surface area contributed by atoms with Gasteiger partial charge < -0.3 is 28.4 Å². The Morgan fingerprint density at radius 1 is 0.839 bits per heavy atom. The third-order valence-electron chi connectivity index (χ3n) is 5.32. The molecule has 166 valence electrons. The van der Waals surface area contributed by atoms with Crippen LogP contribution in [0.3, 0.4) is 0 Å². The molecule has 2 atom stereocenters. The van der Waals surface area contributed by atoms with Gasteiger partial charge in [0.2, 0.25) is 5.75 Å². The van der Waals surface area contributed by atoms with Gasteiger partial charge in [0.05, 0.1) is 52.8 Å². The minimum atomic E-state index is -0.162. The van der Waals surface area contributed by atoms with Crippen molar-refractivity contribution < 1.29 is 28.4 Å². The first-order valence-corrected chi connectivity index (χ1v) is 10.3. The van der Waals surface area contributed by atoms with Crippen molar-refractivity contribution in [1.29, 1.82) is 5.26 Å². The van der Waals surface area contributed by atoms with E-state index in [0.29, 0.717) is 40.9 Å². The van der Waals surface area contributed by atoms with Crippen LogP contribution in [0.2, 0.25) is 0 Å². The van der Waals surface area contributed by atoms with Gasteiger partial charge in [-0.1, -0.05) is 6.92 Å². The Bertz CT molecular complexity index is 927. The zero-order chi connectivity index (χ0) is 22.4. The van der Waals surface area contributed by atoms with Crippen LogP contribution < -0.4 is 23.7 Å². The number of methoxy groups -OCH3 is 4. The molecule has 0 bridgehead atoms. The summed E-state index contributed by atoms with van der Waals surface area (Å²) < 4.78 is 34.0. The highest BCUT2D eigenvalue weighted by Crippen LogP contribution is 2.47. The molecule has 0 N–H and O–H groups in total. The van der Waals surface area contributed by atoms with Crippen LogP contribution in [0, 0.1) is 11.3 Å². The standard InChI is InChI=1S/C24H29NO6/c1-6-9-30-23-17(14-25)10-15(11-20(23)26-2)18-7-8-19(31-18)16-12-21(27-3)24(29-5)22(13-16)28-4/h10-13,18-19H,6-9H2,1-5H3/t18-,19-/m0/s1. The Balaban J connectivity index is 1.88. The van der Waals surface area contributed by atoms with Gasteiger partial charge in [-0.05, 0) is 54.7 Å². The van der Waals surface area contributed by atoms with Crippen molar-refractivity contribution in [3.63, 3.8) is 0 Å². The number of nitrogens with zero attached hydrogens (tertiary/aromatic N) is 1. The summed E-state index contributed by atoms with van der Waals surface area (Å²) in [6, 6.07) is 9.78. The largest absolute Gasteiger partial charge is 0.493 e. The Morgan fingerprint density at radius 2 is 1.35 bits per heavy atom. The Morgan fingerprint density at radius 3 is 1.81 bits per heavy atom. The average molecular weight is 427 g/mol. The van der Waals surface area contributed by atoms with Crippen LogP contribution in [0.15, 0.2) is 24.3 Å². The fraction of sp³-hybridized carbons (Fsp3) is 0.458. The minimum absolute atomic E-state index is 0.133. The number of hydrogen-bond donors (Lipinski definition) is 0. The van der Waals surface area contributed by atoms with Crippen LogP contribution >= 0.6 is 0 Å². The van der Waals surface area contributed by atoms with E-state index in [1.165, 1.54) is 0 Å². The van der Waals surface area contributed by atoms with Crippen molar-refractivity contribution in [2.45, 2.75) is 38.4 Å². The summed E-state index contributed by atoms with van der Waals surface area (Å²) in [6.07, 6.45) is 2.18. The van der Waals surface area contributed by atoms with Gasteiger partial charge in [0, 0.05) is 0 Å². The van der Waals surface area contributed by atoms with Crippen molar-refractivity contribution in [1.82, 2.24) is 0 Å². The van der Waals surface area contributed by atoms with Gasteiger partial charge in [0.15, 0.2) is 23.0 Å². The lowest BCUT2D eigenvalue weighted by molar-refractivity contribution is 0.0436.